The molecule has 0 bridgehead atoms. The van der Waals surface area contributed by atoms with Gasteiger partial charge in [0, 0.05) is 40.8 Å². The second-order valence-corrected chi connectivity index (χ2v) is 6.01. The second kappa shape index (κ2) is 5.22. The van der Waals surface area contributed by atoms with Crippen molar-refractivity contribution in [2.75, 3.05) is 4.90 Å². The quantitative estimate of drug-likeness (QED) is 0.759. The normalized spacial score (nSPS) is 21.9. The fraction of sp³-hybridized carbons (Fsp3) is 0.294. The molecule has 0 aromatic carbocycles. The van der Waals surface area contributed by atoms with E-state index in [0.29, 0.717) is 0 Å². The van der Waals surface area contributed by atoms with E-state index in [9.17, 15) is 4.79 Å². The van der Waals surface area contributed by atoms with E-state index in [2.05, 4.69) is 21.9 Å². The minimum absolute atomic E-state index is 0.192. The first kappa shape index (κ1) is 14.0. The average Bonchev–Trinajstić information content (AvgIpc) is 3.02. The first-order valence-electron chi connectivity index (χ1n) is 7.78. The topological polar surface area (TPSA) is 87.9 Å². The highest BCUT2D eigenvalue weighted by Gasteiger charge is 2.34. The largest absolute Gasteiger partial charge is 0.368 e. The van der Waals surface area contributed by atoms with Crippen LogP contribution in [0.5, 0.6) is 0 Å². The molecular weight excluding hydrogens is 290 g/mol. The second-order valence-electron chi connectivity index (χ2n) is 6.01. The first-order chi connectivity index (χ1) is 11.2. The maximum absolute atomic E-state index is 11.9. The summed E-state index contributed by atoms with van der Waals surface area (Å²) in [6, 6.07) is 3.69. The van der Waals surface area contributed by atoms with Crippen LogP contribution in [0.3, 0.4) is 0 Å². The highest BCUT2D eigenvalue weighted by molar-refractivity contribution is 6.10. The van der Waals surface area contributed by atoms with Crippen molar-refractivity contribution in [1.29, 1.82) is 0 Å². The van der Waals surface area contributed by atoms with Gasteiger partial charge in [-0.3, -0.25) is 4.79 Å². The summed E-state index contributed by atoms with van der Waals surface area (Å²) in [6.45, 7) is 2.11. The number of nitrogens with zero attached hydrogens (tertiary/aromatic N) is 3. The monoisotopic (exact) mass is 308 g/mol. The molecule has 6 heteroatoms. The number of primary amides is 1. The van der Waals surface area contributed by atoms with Crippen LogP contribution in [0.15, 0.2) is 30.7 Å². The molecule has 2 unspecified atom stereocenters. The molecular formula is C17H18N5O. The number of amides is 1. The third kappa shape index (κ3) is 2.13. The van der Waals surface area contributed by atoms with E-state index in [-0.39, 0.29) is 11.9 Å². The molecule has 1 saturated heterocycles. The van der Waals surface area contributed by atoms with Crippen molar-refractivity contribution in [2.45, 2.75) is 31.8 Å². The van der Waals surface area contributed by atoms with E-state index < -0.39 is 6.04 Å². The van der Waals surface area contributed by atoms with Crippen molar-refractivity contribution >= 4 is 33.5 Å². The van der Waals surface area contributed by atoms with E-state index in [1.807, 2.05) is 35.8 Å². The third-order valence-electron chi connectivity index (χ3n) is 4.58. The zero-order chi connectivity index (χ0) is 16.0. The van der Waals surface area contributed by atoms with Crippen LogP contribution in [-0.2, 0) is 4.79 Å². The van der Waals surface area contributed by atoms with Crippen LogP contribution < -0.4 is 10.6 Å². The summed E-state index contributed by atoms with van der Waals surface area (Å²) >= 11 is 0. The third-order valence-corrected chi connectivity index (χ3v) is 4.58. The molecule has 4 rings (SSSR count). The van der Waals surface area contributed by atoms with Crippen LogP contribution >= 0.6 is 0 Å². The number of fused-ring (bicyclic) bond motifs is 3. The van der Waals surface area contributed by atoms with E-state index in [1.165, 1.54) is 0 Å². The Bertz CT molecular complexity index is 887. The van der Waals surface area contributed by atoms with Gasteiger partial charge in [0.25, 0.3) is 0 Å². The molecule has 6 nitrogen and oxygen atoms in total. The molecule has 1 fully saturated rings. The number of aromatic amines is 1. The molecule has 3 aromatic rings. The number of H-pyrrole nitrogens is 1. The Hall–Kier alpha value is -2.63. The maximum Gasteiger partial charge on any atom is 0.240 e. The Morgan fingerprint density at radius 1 is 1.39 bits per heavy atom. The van der Waals surface area contributed by atoms with Crippen LogP contribution in [0.25, 0.3) is 21.8 Å². The van der Waals surface area contributed by atoms with Crippen molar-refractivity contribution in [2.24, 2.45) is 5.73 Å². The minimum Gasteiger partial charge on any atom is -0.368 e. The number of piperidine rings is 1. The predicted octanol–water partition coefficient (Wildman–Crippen LogP) is 2.16. The van der Waals surface area contributed by atoms with Gasteiger partial charge in [-0.25, -0.2) is 9.97 Å². The zero-order valence-corrected chi connectivity index (χ0v) is 12.9. The van der Waals surface area contributed by atoms with Crippen molar-refractivity contribution < 1.29 is 4.79 Å². The number of pyridine rings is 2. The van der Waals surface area contributed by atoms with Gasteiger partial charge < -0.3 is 15.6 Å². The molecule has 0 spiro atoms. The number of nitrogens with one attached hydrogen (secondary N) is 1. The number of rotatable bonds is 2. The molecule has 1 amide bonds. The number of aromatic nitrogens is 3. The number of carbonyl (C=O) groups is 1. The van der Waals surface area contributed by atoms with Gasteiger partial charge in [-0.05, 0) is 38.3 Å². The van der Waals surface area contributed by atoms with Gasteiger partial charge in [0.1, 0.15) is 17.5 Å². The van der Waals surface area contributed by atoms with Gasteiger partial charge in [0.2, 0.25) is 5.91 Å². The van der Waals surface area contributed by atoms with Crippen molar-refractivity contribution in [3.63, 3.8) is 0 Å². The van der Waals surface area contributed by atoms with Gasteiger partial charge in [0.15, 0.2) is 0 Å². The van der Waals surface area contributed by atoms with E-state index >= 15 is 0 Å². The molecule has 4 heterocycles. The standard InChI is InChI=1S/C17H18N5O/c1-10-3-2-4-13(15(18)23)22(10)17-14-11(5-7-20-17)9-21-16-12(14)6-8-19-16/h4-10,13H,2-3H2,1H3,(H2,18,23)(H,19,21). The van der Waals surface area contributed by atoms with E-state index in [4.69, 9.17) is 5.73 Å². The van der Waals surface area contributed by atoms with E-state index in [0.717, 1.165) is 40.5 Å². The van der Waals surface area contributed by atoms with Crippen molar-refractivity contribution in [3.05, 3.63) is 37.1 Å². The Kier molecular flexibility index (Phi) is 3.18. The Labute approximate surface area is 133 Å². The lowest BCUT2D eigenvalue weighted by Gasteiger charge is -2.40. The van der Waals surface area contributed by atoms with Gasteiger partial charge in [-0.2, -0.15) is 0 Å². The number of hydrogen-bond acceptors (Lipinski definition) is 4. The zero-order valence-electron chi connectivity index (χ0n) is 12.9. The van der Waals surface area contributed by atoms with Gasteiger partial charge in [-0.15, -0.1) is 0 Å². The Morgan fingerprint density at radius 2 is 2.26 bits per heavy atom. The fourth-order valence-corrected chi connectivity index (χ4v) is 3.46. The first-order valence-corrected chi connectivity index (χ1v) is 7.78. The highest BCUT2D eigenvalue weighted by Crippen LogP contribution is 2.35. The SMILES string of the molecule is CC1CC[CH]C(C(N)=O)N1c1nccc2cnc3[nH]ccc3c12. The summed E-state index contributed by atoms with van der Waals surface area (Å²) in [6.07, 6.45) is 9.30. The van der Waals surface area contributed by atoms with Crippen LogP contribution in [0.2, 0.25) is 0 Å². The summed E-state index contributed by atoms with van der Waals surface area (Å²) < 4.78 is 0. The maximum atomic E-state index is 11.9. The van der Waals surface area contributed by atoms with E-state index in [1.54, 1.807) is 6.20 Å². The highest BCUT2D eigenvalue weighted by atomic mass is 16.1. The van der Waals surface area contributed by atoms with Gasteiger partial charge in [-0.1, -0.05) is 0 Å². The molecule has 1 aliphatic heterocycles. The van der Waals surface area contributed by atoms with Crippen LogP contribution in [0, 0.1) is 6.42 Å². The summed E-state index contributed by atoms with van der Waals surface area (Å²) in [5.74, 6) is 0.455. The van der Waals surface area contributed by atoms with Crippen LogP contribution in [0.1, 0.15) is 19.8 Å². The molecule has 117 valence electrons. The Balaban J connectivity index is 1.99. The molecule has 23 heavy (non-hydrogen) atoms. The number of carbonyl (C=O) groups excluding carboxylic acids is 1. The summed E-state index contributed by atoms with van der Waals surface area (Å²) in [5.41, 5.74) is 6.45. The van der Waals surface area contributed by atoms with Crippen molar-refractivity contribution in [3.8, 4) is 0 Å². The molecule has 3 N–H and O–H groups in total. The molecule has 0 aliphatic carbocycles. The summed E-state index contributed by atoms with van der Waals surface area (Å²) in [7, 11) is 0. The van der Waals surface area contributed by atoms with Crippen LogP contribution in [0.4, 0.5) is 5.82 Å². The number of nitrogens with two attached hydrogens (primary N) is 1. The Morgan fingerprint density at radius 3 is 3.09 bits per heavy atom. The molecule has 2 atom stereocenters. The summed E-state index contributed by atoms with van der Waals surface area (Å²) in [4.78, 5) is 26.1. The molecule has 1 aliphatic rings. The fourth-order valence-electron chi connectivity index (χ4n) is 3.46. The predicted molar refractivity (Wildman–Crippen MR) is 89.9 cm³/mol. The molecule has 0 saturated carbocycles. The smallest absolute Gasteiger partial charge is 0.240 e. The molecule has 1 radical (unpaired) electrons. The molecule has 3 aromatic heterocycles. The lowest BCUT2D eigenvalue weighted by molar-refractivity contribution is -0.119. The number of anilines is 1. The average molecular weight is 308 g/mol. The minimum atomic E-state index is -0.431. The van der Waals surface area contributed by atoms with Gasteiger partial charge in [0.05, 0.1) is 0 Å². The lowest BCUT2D eigenvalue weighted by atomic mass is 9.95. The lowest BCUT2D eigenvalue weighted by Crippen LogP contribution is -2.52. The van der Waals surface area contributed by atoms with Crippen LogP contribution in [-0.4, -0.2) is 32.9 Å². The summed E-state index contributed by atoms with van der Waals surface area (Å²) in [5, 5.41) is 3.02. The number of hydrogen-bond donors (Lipinski definition) is 2. The van der Waals surface area contributed by atoms with Gasteiger partial charge >= 0.3 is 0 Å². The van der Waals surface area contributed by atoms with Crippen molar-refractivity contribution in [1.82, 2.24) is 15.0 Å².